The van der Waals surface area contributed by atoms with E-state index in [0.29, 0.717) is 32.2 Å². The van der Waals surface area contributed by atoms with Gasteiger partial charge in [0.15, 0.2) is 0 Å². The summed E-state index contributed by atoms with van der Waals surface area (Å²) in [6, 6.07) is 32.9. The summed E-state index contributed by atoms with van der Waals surface area (Å²) in [5.41, 5.74) is 6.04. The Morgan fingerprint density at radius 3 is 2.00 bits per heavy atom. The van der Waals surface area contributed by atoms with Crippen molar-refractivity contribution in [3.05, 3.63) is 157 Å². The molecule has 4 amide bonds. The molecule has 0 aliphatic heterocycles. The van der Waals surface area contributed by atoms with Crippen LogP contribution in [-0.2, 0) is 41.7 Å². The summed E-state index contributed by atoms with van der Waals surface area (Å²) in [5, 5.41) is 18.1. The van der Waals surface area contributed by atoms with Gasteiger partial charge in [-0.15, -0.1) is 13.2 Å². The second-order valence-electron chi connectivity index (χ2n) is 15.7. The first kappa shape index (κ1) is 48.3. The number of carbonyl (C=O) groups excluding carboxylic acids is 5. The van der Waals surface area contributed by atoms with Gasteiger partial charge in [-0.3, -0.25) is 9.59 Å². The van der Waals surface area contributed by atoms with Crippen LogP contribution in [-0.4, -0.2) is 85.0 Å². The SMILES string of the molecule is C=CCC[C@H](NC(=O)OCC1c2ccccc2-c2ccccc21)C(=O)OC[C@H](CCCCNC(=O)OCc1ccccc1)NC(=O)[C@H](CC=C)CC(=O)N(CCO)Cc1ccccc1. The van der Waals surface area contributed by atoms with E-state index in [0.717, 1.165) is 33.4 Å². The Hall–Kier alpha value is -6.73. The molecule has 13 heteroatoms. The van der Waals surface area contributed by atoms with Gasteiger partial charge in [0, 0.05) is 32.0 Å². The molecule has 3 atom stereocenters. The zero-order valence-electron chi connectivity index (χ0n) is 36.3. The number of aliphatic hydroxyl groups is 1. The predicted octanol–water partition coefficient (Wildman–Crippen LogP) is 7.59. The van der Waals surface area contributed by atoms with E-state index in [9.17, 15) is 29.1 Å². The van der Waals surface area contributed by atoms with E-state index in [4.69, 9.17) is 14.2 Å². The Kier molecular flexibility index (Phi) is 19.6. The van der Waals surface area contributed by atoms with E-state index >= 15 is 0 Å². The summed E-state index contributed by atoms with van der Waals surface area (Å²) in [5.74, 6) is -2.41. The number of ether oxygens (including phenoxy) is 3. The number of nitrogens with zero attached hydrogens (tertiary/aromatic N) is 1. The number of benzene rings is 4. The summed E-state index contributed by atoms with van der Waals surface area (Å²) in [6.45, 7) is 7.96. The van der Waals surface area contributed by atoms with Gasteiger partial charge in [-0.1, -0.05) is 121 Å². The number of fused-ring (bicyclic) bond motifs is 3. The molecule has 0 radical (unpaired) electrons. The molecular formula is C51H60N4O9. The van der Waals surface area contributed by atoms with Gasteiger partial charge in [0.05, 0.1) is 18.6 Å². The minimum atomic E-state index is -1.07. The summed E-state index contributed by atoms with van der Waals surface area (Å²) in [4.78, 5) is 68.2. The quantitative estimate of drug-likeness (QED) is 0.0215. The number of unbranched alkanes of at least 4 members (excludes halogenated alkanes) is 1. The molecular weight excluding hydrogens is 813 g/mol. The molecule has 0 bridgehead atoms. The van der Waals surface area contributed by atoms with E-state index in [1.165, 1.54) is 4.90 Å². The maximum Gasteiger partial charge on any atom is 0.407 e. The predicted molar refractivity (Wildman–Crippen MR) is 245 cm³/mol. The first-order valence-electron chi connectivity index (χ1n) is 21.9. The third-order valence-corrected chi connectivity index (χ3v) is 11.0. The third kappa shape index (κ3) is 15.0. The van der Waals surface area contributed by atoms with E-state index in [-0.39, 0.29) is 70.6 Å². The molecule has 0 saturated heterocycles. The van der Waals surface area contributed by atoms with E-state index in [2.05, 4.69) is 29.1 Å². The van der Waals surface area contributed by atoms with Crippen molar-refractivity contribution in [1.29, 1.82) is 0 Å². The lowest BCUT2D eigenvalue weighted by atomic mass is 9.98. The van der Waals surface area contributed by atoms with Crippen LogP contribution in [0.3, 0.4) is 0 Å². The summed E-state index contributed by atoms with van der Waals surface area (Å²) < 4.78 is 16.8. The summed E-state index contributed by atoms with van der Waals surface area (Å²) >= 11 is 0. The number of allylic oxidation sites excluding steroid dienone is 2. The zero-order valence-corrected chi connectivity index (χ0v) is 36.3. The van der Waals surface area contributed by atoms with Gasteiger partial charge in [-0.25, -0.2) is 14.4 Å². The highest BCUT2D eigenvalue weighted by atomic mass is 16.6. The van der Waals surface area contributed by atoms with Crippen molar-refractivity contribution in [3.8, 4) is 11.1 Å². The molecule has 4 aromatic carbocycles. The second-order valence-corrected chi connectivity index (χ2v) is 15.7. The van der Waals surface area contributed by atoms with E-state index in [1.807, 2.05) is 109 Å². The van der Waals surface area contributed by atoms with Crippen LogP contribution in [0.25, 0.3) is 11.1 Å². The number of hydrogen-bond acceptors (Lipinski definition) is 9. The molecule has 0 aromatic heterocycles. The molecule has 1 aliphatic carbocycles. The maximum absolute atomic E-state index is 13.9. The number of rotatable bonds is 26. The number of esters is 1. The average Bonchev–Trinajstić information content (AvgIpc) is 3.64. The molecule has 0 unspecified atom stereocenters. The fraction of sp³-hybridized carbons (Fsp3) is 0.353. The molecule has 1 aliphatic rings. The van der Waals surface area contributed by atoms with Gasteiger partial charge in [0.1, 0.15) is 25.9 Å². The van der Waals surface area contributed by atoms with Crippen molar-refractivity contribution in [1.82, 2.24) is 20.9 Å². The lowest BCUT2D eigenvalue weighted by Gasteiger charge is -2.26. The first-order valence-corrected chi connectivity index (χ1v) is 21.9. The minimum absolute atomic E-state index is 0.0647. The molecule has 0 spiro atoms. The summed E-state index contributed by atoms with van der Waals surface area (Å²) in [6.07, 6.45) is 3.94. The molecule has 4 N–H and O–H groups in total. The first-order chi connectivity index (χ1) is 31.2. The molecule has 0 fully saturated rings. The van der Waals surface area contributed by atoms with Crippen molar-refractivity contribution in [2.45, 2.75) is 76.1 Å². The molecule has 0 saturated carbocycles. The smallest absolute Gasteiger partial charge is 0.407 e. The highest BCUT2D eigenvalue weighted by molar-refractivity contribution is 5.86. The van der Waals surface area contributed by atoms with E-state index in [1.54, 1.807) is 12.2 Å². The maximum atomic E-state index is 13.9. The Labute approximate surface area is 375 Å². The van der Waals surface area contributed by atoms with Gasteiger partial charge < -0.3 is 40.2 Å². The highest BCUT2D eigenvalue weighted by Crippen LogP contribution is 2.44. The van der Waals surface area contributed by atoms with Crippen LogP contribution in [0.15, 0.2) is 135 Å². The topological polar surface area (TPSA) is 173 Å². The second kappa shape index (κ2) is 26.0. The number of carbonyl (C=O) groups is 5. The Bertz CT molecular complexity index is 2100. The van der Waals surface area contributed by atoms with Crippen molar-refractivity contribution in [2.24, 2.45) is 5.92 Å². The Balaban J connectivity index is 1.20. The molecule has 5 rings (SSSR count). The third-order valence-electron chi connectivity index (χ3n) is 11.0. The van der Waals surface area contributed by atoms with Crippen LogP contribution >= 0.6 is 0 Å². The van der Waals surface area contributed by atoms with Crippen LogP contribution in [0.1, 0.15) is 73.1 Å². The van der Waals surface area contributed by atoms with Crippen molar-refractivity contribution in [2.75, 3.05) is 32.9 Å². The molecule has 4 aromatic rings. The van der Waals surface area contributed by atoms with Crippen LogP contribution < -0.4 is 16.0 Å². The highest BCUT2D eigenvalue weighted by Gasteiger charge is 2.31. The van der Waals surface area contributed by atoms with Crippen molar-refractivity contribution >= 4 is 30.0 Å². The lowest BCUT2D eigenvalue weighted by molar-refractivity contribution is -0.147. The lowest BCUT2D eigenvalue weighted by Crippen LogP contribution is -2.46. The number of aliphatic hydroxyl groups excluding tert-OH is 1. The monoisotopic (exact) mass is 872 g/mol. The Morgan fingerprint density at radius 2 is 1.36 bits per heavy atom. The van der Waals surface area contributed by atoms with Gasteiger partial charge in [-0.2, -0.15) is 0 Å². The molecule has 338 valence electrons. The van der Waals surface area contributed by atoms with Gasteiger partial charge in [0.25, 0.3) is 0 Å². The minimum Gasteiger partial charge on any atom is -0.462 e. The molecule has 13 nitrogen and oxygen atoms in total. The normalized spacial score (nSPS) is 12.9. The van der Waals surface area contributed by atoms with Crippen LogP contribution in [0.4, 0.5) is 9.59 Å². The van der Waals surface area contributed by atoms with Crippen LogP contribution in [0, 0.1) is 5.92 Å². The standard InChI is InChI=1S/C51H60N4O9/c1-3-5-28-46(54-51(61)64-36-45-43-26-14-12-24-41(43)42-25-13-15-27-44(42)45)49(59)62-35-40(23-16-17-29-52-50(60)63-34-38-21-10-7-11-22-38)53-48(58)39(18-4-2)32-47(57)55(30-31-56)33-37-19-8-6-9-20-37/h3-4,6-15,19-22,24-27,39-40,45-46,56H,1-2,5,16-18,23,28-36H2,(H,52,60)(H,53,58)(H,54,61)/t39-,40+,46+/m1/s1. The Morgan fingerprint density at radius 1 is 0.719 bits per heavy atom. The van der Waals surface area contributed by atoms with Gasteiger partial charge in [-0.05, 0) is 71.9 Å². The molecule has 0 heterocycles. The van der Waals surface area contributed by atoms with Crippen molar-refractivity contribution in [3.63, 3.8) is 0 Å². The zero-order chi connectivity index (χ0) is 45.5. The fourth-order valence-electron chi connectivity index (χ4n) is 7.64. The number of nitrogens with one attached hydrogen (secondary N) is 3. The largest absolute Gasteiger partial charge is 0.462 e. The van der Waals surface area contributed by atoms with Gasteiger partial charge in [0.2, 0.25) is 11.8 Å². The van der Waals surface area contributed by atoms with Crippen LogP contribution in [0.2, 0.25) is 0 Å². The van der Waals surface area contributed by atoms with Crippen LogP contribution in [0.5, 0.6) is 0 Å². The van der Waals surface area contributed by atoms with Crippen molar-refractivity contribution < 1.29 is 43.3 Å². The number of alkyl carbamates (subject to hydrolysis) is 2. The molecule has 64 heavy (non-hydrogen) atoms. The fourth-order valence-corrected chi connectivity index (χ4v) is 7.64. The number of hydrogen-bond donors (Lipinski definition) is 4. The van der Waals surface area contributed by atoms with Gasteiger partial charge >= 0.3 is 18.2 Å². The number of amides is 4. The summed E-state index contributed by atoms with van der Waals surface area (Å²) in [7, 11) is 0. The van der Waals surface area contributed by atoms with E-state index < -0.39 is 42.1 Å². The average molecular weight is 873 g/mol.